The number of carbonyl (C=O) groups is 1. The Morgan fingerprint density at radius 1 is 0.841 bits per heavy atom. The molecular weight excluding hydrogens is 550 g/mol. The molecule has 6 nitrogen and oxygen atoms in total. The number of aryl methyl sites for hydroxylation is 1. The lowest BCUT2D eigenvalue weighted by molar-refractivity contribution is -0.230. The number of aliphatic hydroxyl groups excluding tert-OH is 1. The van der Waals surface area contributed by atoms with Gasteiger partial charge in [-0.25, -0.2) is 0 Å². The second-order valence-electron chi connectivity index (χ2n) is 11.8. The minimum Gasteiger partial charge on any atom is -0.386 e. The van der Waals surface area contributed by atoms with Crippen molar-refractivity contribution in [2.45, 2.75) is 58.4 Å². The molecule has 0 spiro atoms. The van der Waals surface area contributed by atoms with Gasteiger partial charge < -0.3 is 24.6 Å². The molecule has 0 aromatic heterocycles. The molecule has 6 atom stereocenters. The molecule has 1 heterocycles. The Balaban J connectivity index is 1.38. The third-order valence-electron chi connectivity index (χ3n) is 8.85. The van der Waals surface area contributed by atoms with Crippen LogP contribution in [0.15, 0.2) is 103 Å². The molecule has 44 heavy (non-hydrogen) atoms. The second-order valence-corrected chi connectivity index (χ2v) is 11.8. The van der Waals surface area contributed by atoms with Crippen LogP contribution >= 0.6 is 0 Å². The monoisotopic (exact) mass is 593 g/mol. The number of carbonyl (C=O) groups excluding carboxylic acids is 1. The van der Waals surface area contributed by atoms with Crippen molar-refractivity contribution in [3.05, 3.63) is 131 Å². The first-order valence-electron chi connectivity index (χ1n) is 15.4. The lowest BCUT2D eigenvalue weighted by atomic mass is 9.78. The molecular formula is C38H43NO5. The van der Waals surface area contributed by atoms with Crippen molar-refractivity contribution in [3.8, 4) is 11.1 Å². The van der Waals surface area contributed by atoms with Crippen LogP contribution < -0.4 is 5.32 Å². The first-order valence-corrected chi connectivity index (χ1v) is 15.4. The quantitative estimate of drug-likeness (QED) is 0.198. The standard InChI is InChI=1S/C38H43NO5/c1-25-20-31(30-16-11-17-32(21-30)38(41)39-4)18-19-33(25)35(40)37-36(43-23-29-14-9-6-10-15-29)27(3)26(2)34(44-37)24-42-22-28-12-7-5-8-13-28/h5-21,26-27,34-37,40H,22-24H2,1-4H3,(H,39,41)/t26?,27?,34?,35-,36?,37?/m1/s1. The van der Waals surface area contributed by atoms with Crippen LogP contribution in [0.4, 0.5) is 0 Å². The fraction of sp³-hybridized carbons (Fsp3) is 0.342. The van der Waals surface area contributed by atoms with Gasteiger partial charge in [-0.1, -0.05) is 105 Å². The molecule has 4 aromatic rings. The van der Waals surface area contributed by atoms with Gasteiger partial charge >= 0.3 is 0 Å². The molecule has 1 saturated heterocycles. The molecule has 0 saturated carbocycles. The van der Waals surface area contributed by atoms with E-state index in [1.54, 1.807) is 13.1 Å². The van der Waals surface area contributed by atoms with E-state index in [-0.39, 0.29) is 30.0 Å². The summed E-state index contributed by atoms with van der Waals surface area (Å²) >= 11 is 0. The third kappa shape index (κ3) is 7.45. The molecule has 230 valence electrons. The number of rotatable bonds is 11. The van der Waals surface area contributed by atoms with E-state index < -0.39 is 12.2 Å². The van der Waals surface area contributed by atoms with Gasteiger partial charge in [0.25, 0.3) is 5.91 Å². The van der Waals surface area contributed by atoms with E-state index in [0.29, 0.717) is 25.4 Å². The molecule has 1 fully saturated rings. The Labute approximate surface area is 261 Å². The number of hydrogen-bond acceptors (Lipinski definition) is 5. The van der Waals surface area contributed by atoms with E-state index in [1.165, 1.54) is 0 Å². The molecule has 0 bridgehead atoms. The predicted molar refractivity (Wildman–Crippen MR) is 173 cm³/mol. The maximum atomic E-state index is 12.2. The Morgan fingerprint density at radius 2 is 1.50 bits per heavy atom. The summed E-state index contributed by atoms with van der Waals surface area (Å²) in [5, 5.41) is 14.6. The fourth-order valence-electron chi connectivity index (χ4n) is 6.01. The lowest BCUT2D eigenvalue weighted by Gasteiger charge is -2.46. The summed E-state index contributed by atoms with van der Waals surface area (Å²) in [6, 6.07) is 33.8. The lowest BCUT2D eigenvalue weighted by Crippen LogP contribution is -2.53. The van der Waals surface area contributed by atoms with Gasteiger partial charge in [0.05, 0.1) is 32.0 Å². The van der Waals surface area contributed by atoms with Crippen LogP contribution in [0.2, 0.25) is 0 Å². The van der Waals surface area contributed by atoms with Crippen LogP contribution in [0.1, 0.15) is 52.6 Å². The van der Waals surface area contributed by atoms with Gasteiger partial charge in [-0.05, 0) is 64.3 Å². The van der Waals surface area contributed by atoms with Crippen molar-refractivity contribution in [1.82, 2.24) is 5.32 Å². The van der Waals surface area contributed by atoms with Crippen molar-refractivity contribution in [2.24, 2.45) is 11.8 Å². The SMILES string of the molecule is CNC(=O)c1cccc(-c2ccc([C@@H](O)C3OC(COCc4ccccc4)C(C)C(C)C3OCc3ccccc3)c(C)c2)c1. The molecule has 5 unspecified atom stereocenters. The van der Waals surface area contributed by atoms with E-state index in [9.17, 15) is 9.90 Å². The highest BCUT2D eigenvalue weighted by molar-refractivity contribution is 5.95. The van der Waals surface area contributed by atoms with Crippen molar-refractivity contribution in [3.63, 3.8) is 0 Å². The number of ether oxygens (including phenoxy) is 3. The van der Waals surface area contributed by atoms with Crippen LogP contribution in [-0.2, 0) is 27.4 Å². The zero-order valence-corrected chi connectivity index (χ0v) is 26.0. The first kappa shape index (κ1) is 31.6. The molecule has 0 aliphatic carbocycles. The van der Waals surface area contributed by atoms with E-state index in [2.05, 4.69) is 37.4 Å². The van der Waals surface area contributed by atoms with Crippen LogP contribution in [0.25, 0.3) is 11.1 Å². The number of aliphatic hydroxyl groups is 1. The molecule has 1 aliphatic rings. The van der Waals surface area contributed by atoms with E-state index in [4.69, 9.17) is 14.2 Å². The summed E-state index contributed by atoms with van der Waals surface area (Å²) in [4.78, 5) is 12.2. The topological polar surface area (TPSA) is 77.0 Å². The van der Waals surface area contributed by atoms with Crippen molar-refractivity contribution in [1.29, 1.82) is 0 Å². The highest BCUT2D eigenvalue weighted by Gasteiger charge is 2.45. The van der Waals surface area contributed by atoms with Gasteiger partial charge in [-0.3, -0.25) is 4.79 Å². The van der Waals surface area contributed by atoms with Gasteiger partial charge in [0.15, 0.2) is 0 Å². The third-order valence-corrected chi connectivity index (χ3v) is 8.85. The van der Waals surface area contributed by atoms with Crippen LogP contribution in [0.3, 0.4) is 0 Å². The van der Waals surface area contributed by atoms with E-state index in [0.717, 1.165) is 33.4 Å². The zero-order chi connectivity index (χ0) is 31.1. The summed E-state index contributed by atoms with van der Waals surface area (Å²) < 4.78 is 19.4. The van der Waals surface area contributed by atoms with Crippen molar-refractivity contribution >= 4 is 5.91 Å². The fourth-order valence-corrected chi connectivity index (χ4v) is 6.01. The largest absolute Gasteiger partial charge is 0.386 e. The van der Waals surface area contributed by atoms with Crippen molar-refractivity contribution < 1.29 is 24.1 Å². The maximum absolute atomic E-state index is 12.2. The van der Waals surface area contributed by atoms with E-state index in [1.807, 2.05) is 85.8 Å². The Kier molecular flexibility index (Phi) is 10.6. The summed E-state index contributed by atoms with van der Waals surface area (Å²) in [5.74, 6) is 0.146. The first-order chi connectivity index (χ1) is 21.4. The predicted octanol–water partition coefficient (Wildman–Crippen LogP) is 6.90. The van der Waals surface area contributed by atoms with Gasteiger partial charge in [0.1, 0.15) is 12.2 Å². The summed E-state index contributed by atoms with van der Waals surface area (Å²) in [6.07, 6.45) is -2.02. The van der Waals surface area contributed by atoms with Gasteiger partial charge in [0, 0.05) is 12.6 Å². The normalized spacial score (nSPS) is 22.3. The van der Waals surface area contributed by atoms with Crippen molar-refractivity contribution in [2.75, 3.05) is 13.7 Å². The van der Waals surface area contributed by atoms with Crippen LogP contribution in [0, 0.1) is 18.8 Å². The number of hydrogen-bond donors (Lipinski definition) is 2. The highest BCUT2D eigenvalue weighted by atomic mass is 16.6. The van der Waals surface area contributed by atoms with Gasteiger partial charge in [-0.15, -0.1) is 0 Å². The smallest absolute Gasteiger partial charge is 0.251 e. The maximum Gasteiger partial charge on any atom is 0.251 e. The van der Waals surface area contributed by atoms with Gasteiger partial charge in [0.2, 0.25) is 0 Å². The summed E-state index contributed by atoms with van der Waals surface area (Å²) in [7, 11) is 1.63. The number of amides is 1. The molecule has 1 amide bonds. The second kappa shape index (κ2) is 14.8. The molecule has 1 aliphatic heterocycles. The Morgan fingerprint density at radius 3 is 2.16 bits per heavy atom. The molecule has 5 rings (SSSR count). The molecule has 0 radical (unpaired) electrons. The Hall–Kier alpha value is -3.81. The highest BCUT2D eigenvalue weighted by Crippen LogP contribution is 2.39. The Bertz CT molecular complexity index is 1510. The summed E-state index contributed by atoms with van der Waals surface area (Å²) in [5.41, 5.74) is 6.43. The summed E-state index contributed by atoms with van der Waals surface area (Å²) in [6.45, 7) is 7.72. The van der Waals surface area contributed by atoms with E-state index >= 15 is 0 Å². The average Bonchev–Trinajstić information content (AvgIpc) is 3.06. The van der Waals surface area contributed by atoms with Crippen LogP contribution in [-0.4, -0.2) is 43.0 Å². The van der Waals surface area contributed by atoms with Gasteiger partial charge in [-0.2, -0.15) is 0 Å². The molecule has 6 heteroatoms. The average molecular weight is 594 g/mol. The number of nitrogens with one attached hydrogen (secondary N) is 1. The molecule has 2 N–H and O–H groups in total. The zero-order valence-electron chi connectivity index (χ0n) is 26.0. The van der Waals surface area contributed by atoms with Crippen LogP contribution in [0.5, 0.6) is 0 Å². The molecule has 4 aromatic carbocycles. The minimum atomic E-state index is -0.909. The minimum absolute atomic E-state index is 0.115. The number of benzene rings is 4.